The molecule has 4 aromatic rings. The average molecular weight is 846 g/mol. The van der Waals surface area contributed by atoms with Gasteiger partial charge in [0.2, 0.25) is 0 Å². The highest BCUT2D eigenvalue weighted by molar-refractivity contribution is 8.13. The van der Waals surface area contributed by atoms with Crippen LogP contribution in [-0.2, 0) is 28.7 Å². The molecular weight excluding hydrogens is 803 g/mol. The van der Waals surface area contributed by atoms with E-state index in [1.54, 1.807) is 99.6 Å². The minimum Gasteiger partial charge on any atom is -0.399 e. The number of rotatable bonds is 8. The van der Waals surface area contributed by atoms with Crippen LogP contribution in [0.5, 0.6) is 0 Å². The molecule has 55 heavy (non-hydrogen) atoms. The summed E-state index contributed by atoms with van der Waals surface area (Å²) in [5.41, 5.74) is 12.7. The van der Waals surface area contributed by atoms with Crippen molar-refractivity contribution in [1.29, 1.82) is 0 Å². The largest absolute Gasteiger partial charge is 0.399 e. The number of hydrogen-bond donors (Lipinski definition) is 4. The van der Waals surface area contributed by atoms with Gasteiger partial charge in [-0.15, -0.1) is 0 Å². The minimum absolute atomic E-state index is 0.122. The smallest absolute Gasteiger partial charge is 0.262 e. The Morgan fingerprint density at radius 3 is 1.53 bits per heavy atom. The molecule has 0 heterocycles. The molecule has 15 heteroatoms. The first-order chi connectivity index (χ1) is 25.9. The van der Waals surface area contributed by atoms with E-state index in [1.807, 2.05) is 6.92 Å². The van der Waals surface area contributed by atoms with Crippen LogP contribution in [0.1, 0.15) is 63.5 Å². The van der Waals surface area contributed by atoms with Crippen LogP contribution in [-0.4, -0.2) is 28.4 Å². The van der Waals surface area contributed by atoms with Crippen molar-refractivity contribution in [2.24, 2.45) is 0 Å². The van der Waals surface area contributed by atoms with Gasteiger partial charge in [-0.3, -0.25) is 14.3 Å². The summed E-state index contributed by atoms with van der Waals surface area (Å²) in [6.45, 7) is 7.10. The number of anilines is 4. The first-order valence-electron chi connectivity index (χ1n) is 17.3. The maximum Gasteiger partial charge on any atom is 0.262 e. The number of halogens is 3. The molecule has 6 rings (SSSR count). The SMILES string of the molecule is CC1=C(Nc2cc(N)ccc2Cl)CCCC1=O.CC1=C(Nc2cc(NS(=O)(=O)c3ccccc3C)ccc2Cl)CCCC1=O.Cc1ccccc1S(=O)(=O)Cl. The number of carbonyl (C=O) groups is 2. The maximum atomic E-state index is 12.7. The Labute approximate surface area is 337 Å². The number of allylic oxidation sites excluding steroid dienone is 4. The summed E-state index contributed by atoms with van der Waals surface area (Å²) < 4.78 is 49.6. The second-order valence-corrected chi connectivity index (χ2v) is 18.0. The summed E-state index contributed by atoms with van der Waals surface area (Å²) >= 11 is 12.3. The molecule has 292 valence electrons. The molecule has 0 aliphatic heterocycles. The van der Waals surface area contributed by atoms with Crippen LogP contribution >= 0.6 is 33.9 Å². The molecule has 0 spiro atoms. The van der Waals surface area contributed by atoms with Gasteiger partial charge in [0.15, 0.2) is 11.6 Å². The van der Waals surface area contributed by atoms with Gasteiger partial charge < -0.3 is 16.4 Å². The van der Waals surface area contributed by atoms with E-state index in [-0.39, 0.29) is 21.4 Å². The topological polar surface area (TPSA) is 165 Å². The zero-order valence-electron chi connectivity index (χ0n) is 30.8. The third kappa shape index (κ3) is 12.1. The number of nitrogen functional groups attached to an aromatic ring is 1. The lowest BCUT2D eigenvalue weighted by Gasteiger charge is -2.20. The van der Waals surface area contributed by atoms with Gasteiger partial charge >= 0.3 is 0 Å². The van der Waals surface area contributed by atoms with E-state index in [4.69, 9.17) is 39.6 Å². The fraction of sp³-hybridized carbons (Fsp3) is 0.250. The summed E-state index contributed by atoms with van der Waals surface area (Å²) in [5, 5.41) is 7.48. The molecule has 0 amide bonds. The molecule has 0 atom stereocenters. The number of nitrogens with one attached hydrogen (secondary N) is 3. The quantitative estimate of drug-likeness (QED) is 0.0998. The molecule has 5 N–H and O–H groups in total. The van der Waals surface area contributed by atoms with Gasteiger partial charge in [-0.2, -0.15) is 0 Å². The lowest BCUT2D eigenvalue weighted by atomic mass is 9.96. The molecule has 0 aromatic heterocycles. The number of ketones is 2. The van der Waals surface area contributed by atoms with E-state index >= 15 is 0 Å². The molecule has 2 aliphatic rings. The van der Waals surface area contributed by atoms with Crippen LogP contribution in [0.15, 0.2) is 117 Å². The zero-order valence-corrected chi connectivity index (χ0v) is 34.7. The average Bonchev–Trinajstić information content (AvgIpc) is 3.12. The molecule has 0 saturated carbocycles. The monoisotopic (exact) mass is 844 g/mol. The Kier molecular flexibility index (Phi) is 15.0. The summed E-state index contributed by atoms with van der Waals surface area (Å²) in [7, 11) is -2.14. The van der Waals surface area contributed by atoms with Crippen molar-refractivity contribution in [3.8, 4) is 0 Å². The van der Waals surface area contributed by atoms with Crippen LogP contribution in [0.4, 0.5) is 22.7 Å². The van der Waals surface area contributed by atoms with Crippen molar-refractivity contribution in [2.75, 3.05) is 21.1 Å². The maximum absolute atomic E-state index is 12.7. The van der Waals surface area contributed by atoms with E-state index < -0.39 is 19.1 Å². The van der Waals surface area contributed by atoms with Gasteiger partial charge in [-0.25, -0.2) is 16.8 Å². The normalized spacial score (nSPS) is 14.7. The highest BCUT2D eigenvalue weighted by Crippen LogP contribution is 2.32. The highest BCUT2D eigenvalue weighted by atomic mass is 35.7. The Bertz CT molecular complexity index is 2380. The van der Waals surface area contributed by atoms with Crippen molar-refractivity contribution >= 4 is 87.3 Å². The van der Waals surface area contributed by atoms with Gasteiger partial charge in [0, 0.05) is 51.8 Å². The fourth-order valence-corrected chi connectivity index (χ4v) is 8.64. The number of Topliss-reactive ketones (excluding diaryl/α,β-unsaturated/α-hetero) is 2. The lowest BCUT2D eigenvalue weighted by molar-refractivity contribution is -0.116. The van der Waals surface area contributed by atoms with Crippen molar-refractivity contribution < 1.29 is 26.4 Å². The van der Waals surface area contributed by atoms with Crippen LogP contribution in [0.3, 0.4) is 0 Å². The molecule has 0 saturated heterocycles. The number of benzene rings is 4. The number of nitrogens with two attached hydrogens (primary N) is 1. The molecule has 4 aromatic carbocycles. The summed E-state index contributed by atoms with van der Waals surface area (Å²) in [5.74, 6) is 0.329. The third-order valence-electron chi connectivity index (χ3n) is 8.92. The molecule has 2 aliphatic carbocycles. The van der Waals surface area contributed by atoms with Gasteiger partial charge in [0.1, 0.15) is 0 Å². The summed E-state index contributed by atoms with van der Waals surface area (Å²) in [6, 6.07) is 23.5. The Hall–Kier alpha value is -4.33. The molecule has 0 radical (unpaired) electrons. The molecule has 0 fully saturated rings. The van der Waals surface area contributed by atoms with Crippen LogP contribution in [0.2, 0.25) is 10.0 Å². The van der Waals surface area contributed by atoms with Gasteiger partial charge in [-0.1, -0.05) is 59.6 Å². The number of carbonyl (C=O) groups excluding carboxylic acids is 2. The predicted octanol–water partition coefficient (Wildman–Crippen LogP) is 10.2. The van der Waals surface area contributed by atoms with Crippen LogP contribution in [0.25, 0.3) is 0 Å². The molecular formula is C40H43Cl3N4O6S2. The fourth-order valence-electron chi connectivity index (χ4n) is 5.80. The summed E-state index contributed by atoms with van der Waals surface area (Å²) in [6.07, 6.45) is 4.51. The Morgan fingerprint density at radius 1 is 0.600 bits per heavy atom. The van der Waals surface area contributed by atoms with E-state index in [9.17, 15) is 26.4 Å². The second kappa shape index (κ2) is 19.0. The van der Waals surface area contributed by atoms with Crippen LogP contribution < -0.4 is 21.1 Å². The summed E-state index contributed by atoms with van der Waals surface area (Å²) in [4.78, 5) is 23.9. The lowest BCUT2D eigenvalue weighted by Crippen LogP contribution is -2.16. The van der Waals surface area contributed by atoms with Gasteiger partial charge in [-0.05, 0) is 113 Å². The number of aryl methyl sites for hydroxylation is 2. The number of hydrogen-bond acceptors (Lipinski definition) is 9. The highest BCUT2D eigenvalue weighted by Gasteiger charge is 2.20. The Balaban J connectivity index is 0.000000204. The predicted molar refractivity (Wildman–Crippen MR) is 224 cm³/mol. The first-order valence-corrected chi connectivity index (χ1v) is 21.9. The third-order valence-corrected chi connectivity index (χ3v) is 12.6. The van der Waals surface area contributed by atoms with E-state index in [0.717, 1.165) is 48.3 Å². The van der Waals surface area contributed by atoms with Gasteiger partial charge in [0.05, 0.1) is 36.9 Å². The van der Waals surface area contributed by atoms with Crippen molar-refractivity contribution in [1.82, 2.24) is 0 Å². The van der Waals surface area contributed by atoms with Crippen molar-refractivity contribution in [3.63, 3.8) is 0 Å². The molecule has 10 nitrogen and oxygen atoms in total. The standard InChI is InChI=1S/C20H21ClN2O3S.C13H15ClN2O.C7H7ClO2S/c1-13-6-3-4-9-20(13)27(25,26)23-15-10-11-16(21)18(12-15)22-17-7-5-8-19(24)14(17)2;1-8-11(3-2-4-13(8)17)16-12-7-9(15)5-6-10(12)14;1-6-4-2-3-5-7(6)11(8,9)10/h3-4,6,9-12,22-23H,5,7-8H2,1-2H3;5-7,16H,2-4,15H2,1H3;2-5H,1H3. The van der Waals surface area contributed by atoms with Crippen LogP contribution in [0, 0.1) is 13.8 Å². The van der Waals surface area contributed by atoms with Crippen molar-refractivity contribution in [2.45, 2.75) is 76.0 Å². The number of sulfonamides is 1. The first kappa shape index (κ1) is 43.4. The van der Waals surface area contributed by atoms with E-state index in [0.29, 0.717) is 56.6 Å². The zero-order chi connectivity index (χ0) is 40.5. The van der Waals surface area contributed by atoms with Crippen molar-refractivity contribution in [3.05, 3.63) is 129 Å². The van der Waals surface area contributed by atoms with E-state index in [2.05, 4.69) is 15.4 Å². The molecule has 0 bridgehead atoms. The van der Waals surface area contributed by atoms with E-state index in [1.165, 1.54) is 6.07 Å². The molecule has 0 unspecified atom stereocenters. The Morgan fingerprint density at radius 2 is 1.05 bits per heavy atom. The van der Waals surface area contributed by atoms with Gasteiger partial charge in [0.25, 0.3) is 19.1 Å². The minimum atomic E-state index is -3.71. The second-order valence-electron chi connectivity index (χ2n) is 13.0.